The molecule has 4 atom stereocenters. The second-order valence-electron chi connectivity index (χ2n) is 5.13. The van der Waals surface area contributed by atoms with Crippen molar-refractivity contribution >= 4 is 17.1 Å². The number of hydrogen-bond acceptors (Lipinski definition) is 4. The first-order chi connectivity index (χ1) is 9.18. The van der Waals surface area contributed by atoms with Gasteiger partial charge in [-0.3, -0.25) is 10.1 Å². The van der Waals surface area contributed by atoms with Crippen LogP contribution < -0.4 is 5.32 Å². The Morgan fingerprint density at radius 2 is 1.95 bits per heavy atom. The monoisotopic (exact) mass is 275 g/mol. The molecule has 4 heteroatoms. The summed E-state index contributed by atoms with van der Waals surface area (Å²) in [5.74, 6) is 1.09. The van der Waals surface area contributed by atoms with Crippen LogP contribution in [0.2, 0.25) is 0 Å². The van der Waals surface area contributed by atoms with Crippen molar-refractivity contribution < 1.29 is 9.21 Å². The molecule has 3 rings (SSSR count). The van der Waals surface area contributed by atoms with Crippen LogP contribution in [0.1, 0.15) is 36.6 Å². The van der Waals surface area contributed by atoms with Crippen molar-refractivity contribution in [2.24, 2.45) is 11.8 Å². The molecule has 0 unspecified atom stereocenters. The van der Waals surface area contributed by atoms with E-state index in [2.05, 4.69) is 11.4 Å². The highest BCUT2D eigenvalue weighted by Gasteiger charge is 2.41. The zero-order valence-electron chi connectivity index (χ0n) is 11.0. The molecule has 0 spiro atoms. The van der Waals surface area contributed by atoms with Crippen LogP contribution in [-0.2, 0) is 4.79 Å². The van der Waals surface area contributed by atoms with Gasteiger partial charge in [-0.15, -0.1) is 11.3 Å². The highest BCUT2D eigenvalue weighted by molar-refractivity contribution is 7.10. The summed E-state index contributed by atoms with van der Waals surface area (Å²) in [5.41, 5.74) is 0. The van der Waals surface area contributed by atoms with Crippen LogP contribution in [0.15, 0.2) is 40.3 Å². The summed E-state index contributed by atoms with van der Waals surface area (Å²) in [5, 5.41) is 5.63. The molecule has 1 saturated heterocycles. The van der Waals surface area contributed by atoms with Crippen molar-refractivity contribution in [1.82, 2.24) is 5.32 Å². The van der Waals surface area contributed by atoms with Gasteiger partial charge in [-0.2, -0.15) is 0 Å². The van der Waals surface area contributed by atoms with Crippen LogP contribution in [0.4, 0.5) is 0 Å². The van der Waals surface area contributed by atoms with Crippen LogP contribution in [0.25, 0.3) is 0 Å². The third-order valence-electron chi connectivity index (χ3n) is 3.96. The minimum atomic E-state index is -0.0580. The summed E-state index contributed by atoms with van der Waals surface area (Å²) >= 11 is 1.69. The Morgan fingerprint density at radius 1 is 1.16 bits per heavy atom. The fraction of sp³-hybridized carbons (Fsp3) is 0.400. The number of piperidine rings is 1. The van der Waals surface area contributed by atoms with Crippen molar-refractivity contribution in [3.63, 3.8) is 0 Å². The summed E-state index contributed by atoms with van der Waals surface area (Å²) in [6.45, 7) is 3.98. The van der Waals surface area contributed by atoms with E-state index < -0.39 is 0 Å². The fourth-order valence-corrected chi connectivity index (χ4v) is 3.71. The van der Waals surface area contributed by atoms with Gasteiger partial charge >= 0.3 is 0 Å². The number of carbonyl (C=O) groups excluding carboxylic acids is 1. The summed E-state index contributed by atoms with van der Waals surface area (Å²) < 4.78 is 5.48. The number of nitrogens with one attached hydrogen (secondary N) is 1. The lowest BCUT2D eigenvalue weighted by Crippen LogP contribution is -2.46. The average molecular weight is 275 g/mol. The van der Waals surface area contributed by atoms with Crippen LogP contribution >= 0.6 is 11.3 Å². The van der Waals surface area contributed by atoms with Crippen LogP contribution in [0.3, 0.4) is 0 Å². The van der Waals surface area contributed by atoms with Gasteiger partial charge in [-0.05, 0) is 23.6 Å². The molecule has 0 amide bonds. The van der Waals surface area contributed by atoms with E-state index in [0.29, 0.717) is 5.78 Å². The van der Waals surface area contributed by atoms with Crippen molar-refractivity contribution in [3.8, 4) is 0 Å². The smallest absolute Gasteiger partial charge is 0.142 e. The molecule has 2 aromatic rings. The zero-order chi connectivity index (χ0) is 13.4. The standard InChI is InChI=1S/C15H17NO2S/c1-9-13(11-5-3-7-18-11)16-14(10(2)15(9)17)12-6-4-8-19-12/h3-10,13-14,16H,1-2H3/t9-,10+,13+,14-/m1/s1. The third kappa shape index (κ3) is 2.15. The van der Waals surface area contributed by atoms with Gasteiger partial charge in [0.2, 0.25) is 0 Å². The summed E-state index contributed by atoms with van der Waals surface area (Å²) in [6.07, 6.45) is 1.66. The van der Waals surface area contributed by atoms with Crippen molar-refractivity contribution in [2.45, 2.75) is 25.9 Å². The summed E-state index contributed by atoms with van der Waals surface area (Å²) in [6, 6.07) is 7.96. The lowest BCUT2D eigenvalue weighted by Gasteiger charge is -2.37. The predicted molar refractivity (Wildman–Crippen MR) is 75.0 cm³/mol. The van der Waals surface area contributed by atoms with E-state index in [1.165, 1.54) is 4.88 Å². The van der Waals surface area contributed by atoms with E-state index in [0.717, 1.165) is 5.76 Å². The number of thiophene rings is 1. The Kier molecular flexibility index (Phi) is 3.29. The fourth-order valence-electron chi connectivity index (χ4n) is 2.82. The first-order valence-corrected chi connectivity index (χ1v) is 7.43. The highest BCUT2D eigenvalue weighted by Crippen LogP contribution is 2.39. The van der Waals surface area contributed by atoms with Crippen LogP contribution in [-0.4, -0.2) is 5.78 Å². The molecule has 1 aliphatic heterocycles. The molecule has 0 saturated carbocycles. The SMILES string of the molecule is C[C@@H]1C(=O)[C@H](C)[C@@H](c2ccco2)N[C@H]1c1cccs1. The Balaban J connectivity index is 1.93. The lowest BCUT2D eigenvalue weighted by atomic mass is 9.79. The van der Waals surface area contributed by atoms with Gasteiger partial charge in [0.15, 0.2) is 0 Å². The van der Waals surface area contributed by atoms with Gasteiger partial charge < -0.3 is 4.42 Å². The van der Waals surface area contributed by atoms with E-state index >= 15 is 0 Å². The maximum atomic E-state index is 12.5. The molecular weight excluding hydrogens is 258 g/mol. The van der Waals surface area contributed by atoms with Crippen molar-refractivity contribution in [2.75, 3.05) is 0 Å². The minimum Gasteiger partial charge on any atom is -0.468 e. The number of carbonyl (C=O) groups is 1. The number of hydrogen-bond donors (Lipinski definition) is 1. The maximum Gasteiger partial charge on any atom is 0.142 e. The molecule has 100 valence electrons. The predicted octanol–water partition coefficient (Wildman–Crippen LogP) is 3.57. The van der Waals surface area contributed by atoms with E-state index in [4.69, 9.17) is 4.42 Å². The maximum absolute atomic E-state index is 12.5. The molecule has 1 N–H and O–H groups in total. The van der Waals surface area contributed by atoms with Gasteiger partial charge in [0.1, 0.15) is 11.5 Å². The summed E-state index contributed by atoms with van der Waals surface area (Å²) in [7, 11) is 0. The molecule has 1 fully saturated rings. The topological polar surface area (TPSA) is 42.2 Å². The summed E-state index contributed by atoms with van der Waals surface area (Å²) in [4.78, 5) is 13.7. The molecule has 0 bridgehead atoms. The Labute approximate surface area is 116 Å². The number of Topliss-reactive ketones (excluding diaryl/α,β-unsaturated/α-hetero) is 1. The first kappa shape index (κ1) is 12.6. The Bertz CT molecular complexity index is 498. The lowest BCUT2D eigenvalue weighted by molar-refractivity contribution is -0.130. The van der Waals surface area contributed by atoms with E-state index in [1.807, 2.05) is 37.4 Å². The molecule has 3 nitrogen and oxygen atoms in total. The quantitative estimate of drug-likeness (QED) is 0.911. The Hall–Kier alpha value is -1.39. The van der Waals surface area contributed by atoms with Gasteiger partial charge in [0.25, 0.3) is 0 Å². The van der Waals surface area contributed by atoms with Gasteiger partial charge in [0.05, 0.1) is 18.3 Å². The van der Waals surface area contributed by atoms with Gasteiger partial charge in [0, 0.05) is 16.7 Å². The zero-order valence-corrected chi connectivity index (χ0v) is 11.8. The van der Waals surface area contributed by atoms with Crippen LogP contribution in [0, 0.1) is 11.8 Å². The molecule has 0 aromatic carbocycles. The first-order valence-electron chi connectivity index (χ1n) is 6.55. The number of rotatable bonds is 2. The van der Waals surface area contributed by atoms with E-state index in [9.17, 15) is 4.79 Å². The van der Waals surface area contributed by atoms with Crippen LogP contribution in [0.5, 0.6) is 0 Å². The molecule has 1 aliphatic rings. The molecular formula is C15H17NO2S. The van der Waals surface area contributed by atoms with Crippen molar-refractivity contribution in [3.05, 3.63) is 46.5 Å². The molecule has 0 radical (unpaired) electrons. The van der Waals surface area contributed by atoms with Gasteiger partial charge in [-0.1, -0.05) is 19.9 Å². The largest absolute Gasteiger partial charge is 0.468 e. The van der Waals surface area contributed by atoms with Crippen molar-refractivity contribution in [1.29, 1.82) is 0 Å². The highest BCUT2D eigenvalue weighted by atomic mass is 32.1. The van der Waals surface area contributed by atoms with Gasteiger partial charge in [-0.25, -0.2) is 0 Å². The van der Waals surface area contributed by atoms with E-state index in [-0.39, 0.29) is 23.9 Å². The average Bonchev–Trinajstić information content (AvgIpc) is 3.08. The molecule has 19 heavy (non-hydrogen) atoms. The second-order valence-corrected chi connectivity index (χ2v) is 6.11. The second kappa shape index (κ2) is 4.94. The minimum absolute atomic E-state index is 0.000128. The third-order valence-corrected chi connectivity index (χ3v) is 4.91. The molecule has 3 heterocycles. The van der Waals surface area contributed by atoms with E-state index in [1.54, 1.807) is 17.6 Å². The molecule has 2 aromatic heterocycles. The number of ketones is 1. The molecule has 0 aliphatic carbocycles. The number of furan rings is 1. The Morgan fingerprint density at radius 3 is 2.58 bits per heavy atom. The normalized spacial score (nSPS) is 31.6.